The lowest BCUT2D eigenvalue weighted by molar-refractivity contribution is 0.178. The summed E-state index contributed by atoms with van der Waals surface area (Å²) >= 11 is 0. The second kappa shape index (κ2) is 5.29. The Morgan fingerprint density at radius 1 is 1.00 bits per heavy atom. The quantitative estimate of drug-likeness (QED) is 0.869. The molecule has 17 heavy (non-hydrogen) atoms. The summed E-state index contributed by atoms with van der Waals surface area (Å²) in [7, 11) is 0. The molecule has 0 aliphatic heterocycles. The van der Waals surface area contributed by atoms with Crippen molar-refractivity contribution in [2.45, 2.75) is 12.5 Å². The van der Waals surface area contributed by atoms with Crippen LogP contribution in [-0.4, -0.2) is 5.11 Å². The fourth-order valence-corrected chi connectivity index (χ4v) is 1.73. The molecule has 2 heteroatoms. The predicted molar refractivity (Wildman–Crippen MR) is 66.3 cm³/mol. The van der Waals surface area contributed by atoms with Gasteiger partial charge in [0.25, 0.3) is 0 Å². The Kier molecular flexibility index (Phi) is 3.54. The minimum Gasteiger partial charge on any atom is -0.388 e. The highest BCUT2D eigenvalue weighted by molar-refractivity contribution is 5.32. The SMILES string of the molecule is N#Cc1ccc(C[C@H](O)c2ccccc2)cc1. The van der Waals surface area contributed by atoms with Crippen LogP contribution < -0.4 is 0 Å². The van der Waals surface area contributed by atoms with Gasteiger partial charge >= 0.3 is 0 Å². The molecule has 2 aromatic carbocycles. The van der Waals surface area contributed by atoms with Crippen molar-refractivity contribution in [1.82, 2.24) is 0 Å². The molecule has 0 aliphatic rings. The molecule has 0 bridgehead atoms. The Morgan fingerprint density at radius 3 is 2.24 bits per heavy atom. The van der Waals surface area contributed by atoms with Crippen LogP contribution in [0.1, 0.15) is 22.8 Å². The molecule has 0 unspecified atom stereocenters. The number of nitriles is 1. The summed E-state index contributed by atoms with van der Waals surface area (Å²) in [5, 5.41) is 18.7. The summed E-state index contributed by atoms with van der Waals surface area (Å²) in [4.78, 5) is 0. The lowest BCUT2D eigenvalue weighted by atomic mass is 10.0. The number of benzene rings is 2. The minimum atomic E-state index is -0.496. The summed E-state index contributed by atoms with van der Waals surface area (Å²) in [6, 6.07) is 19.0. The average Bonchev–Trinajstić information content (AvgIpc) is 2.40. The van der Waals surface area contributed by atoms with Crippen LogP contribution in [0.2, 0.25) is 0 Å². The van der Waals surface area contributed by atoms with E-state index in [2.05, 4.69) is 6.07 Å². The molecule has 1 atom stereocenters. The van der Waals surface area contributed by atoms with Crippen molar-refractivity contribution < 1.29 is 5.11 Å². The Labute approximate surface area is 101 Å². The van der Waals surface area contributed by atoms with E-state index in [0.717, 1.165) is 11.1 Å². The number of aliphatic hydroxyl groups excluding tert-OH is 1. The van der Waals surface area contributed by atoms with Crippen LogP contribution in [0.5, 0.6) is 0 Å². The first-order valence-electron chi connectivity index (χ1n) is 5.51. The van der Waals surface area contributed by atoms with E-state index in [1.165, 1.54) is 0 Å². The fourth-order valence-electron chi connectivity index (χ4n) is 1.73. The first-order valence-corrected chi connectivity index (χ1v) is 5.51. The Balaban J connectivity index is 2.08. The first-order chi connectivity index (χ1) is 8.29. The van der Waals surface area contributed by atoms with Gasteiger partial charge in [-0.05, 0) is 23.3 Å². The largest absolute Gasteiger partial charge is 0.388 e. The third kappa shape index (κ3) is 2.93. The summed E-state index contributed by atoms with van der Waals surface area (Å²) in [6.45, 7) is 0. The maximum absolute atomic E-state index is 10.0. The molecule has 0 heterocycles. The van der Waals surface area contributed by atoms with Gasteiger partial charge in [0.05, 0.1) is 17.7 Å². The second-order valence-electron chi connectivity index (χ2n) is 3.94. The molecule has 0 spiro atoms. The van der Waals surface area contributed by atoms with Crippen molar-refractivity contribution in [2.75, 3.05) is 0 Å². The molecule has 2 aromatic rings. The van der Waals surface area contributed by atoms with Crippen molar-refractivity contribution >= 4 is 0 Å². The monoisotopic (exact) mass is 223 g/mol. The van der Waals surface area contributed by atoms with Gasteiger partial charge in [-0.25, -0.2) is 0 Å². The number of aliphatic hydroxyl groups is 1. The van der Waals surface area contributed by atoms with Crippen molar-refractivity contribution in [3.05, 3.63) is 71.3 Å². The molecule has 84 valence electrons. The highest BCUT2D eigenvalue weighted by atomic mass is 16.3. The summed E-state index contributed by atoms with van der Waals surface area (Å²) in [5.74, 6) is 0. The highest BCUT2D eigenvalue weighted by Gasteiger charge is 2.07. The van der Waals surface area contributed by atoms with Gasteiger partial charge < -0.3 is 5.11 Å². The van der Waals surface area contributed by atoms with E-state index in [-0.39, 0.29) is 0 Å². The van der Waals surface area contributed by atoms with Gasteiger partial charge in [-0.2, -0.15) is 5.26 Å². The molecule has 2 nitrogen and oxygen atoms in total. The van der Waals surface area contributed by atoms with Crippen LogP contribution in [0.3, 0.4) is 0 Å². The molecular weight excluding hydrogens is 210 g/mol. The number of hydrogen-bond donors (Lipinski definition) is 1. The standard InChI is InChI=1S/C15H13NO/c16-11-13-8-6-12(7-9-13)10-15(17)14-4-2-1-3-5-14/h1-9,15,17H,10H2/t15-/m0/s1. The third-order valence-corrected chi connectivity index (χ3v) is 2.70. The van der Waals surface area contributed by atoms with Crippen molar-refractivity contribution in [3.63, 3.8) is 0 Å². The molecule has 0 saturated heterocycles. The molecular formula is C15H13NO. The summed E-state index contributed by atoms with van der Waals surface area (Å²) < 4.78 is 0. The number of rotatable bonds is 3. The van der Waals surface area contributed by atoms with E-state index in [1.807, 2.05) is 42.5 Å². The van der Waals surface area contributed by atoms with Gasteiger partial charge in [-0.1, -0.05) is 42.5 Å². The lowest BCUT2D eigenvalue weighted by Gasteiger charge is -2.10. The highest BCUT2D eigenvalue weighted by Crippen LogP contribution is 2.18. The molecule has 1 N–H and O–H groups in total. The van der Waals surface area contributed by atoms with Gasteiger partial charge in [0.1, 0.15) is 0 Å². The van der Waals surface area contributed by atoms with Crippen LogP contribution in [0, 0.1) is 11.3 Å². The van der Waals surface area contributed by atoms with Crippen LogP contribution in [0.25, 0.3) is 0 Å². The maximum atomic E-state index is 10.0. The van der Waals surface area contributed by atoms with E-state index in [1.54, 1.807) is 12.1 Å². The van der Waals surface area contributed by atoms with Crippen LogP contribution in [0.4, 0.5) is 0 Å². The van der Waals surface area contributed by atoms with Gasteiger partial charge in [0.15, 0.2) is 0 Å². The zero-order valence-corrected chi connectivity index (χ0v) is 9.38. The van der Waals surface area contributed by atoms with Crippen molar-refractivity contribution in [1.29, 1.82) is 5.26 Å². The molecule has 0 saturated carbocycles. The molecule has 2 rings (SSSR count). The van der Waals surface area contributed by atoms with Crippen molar-refractivity contribution in [2.24, 2.45) is 0 Å². The zero-order chi connectivity index (χ0) is 12.1. The Bertz CT molecular complexity index is 511. The van der Waals surface area contributed by atoms with E-state index >= 15 is 0 Å². The van der Waals surface area contributed by atoms with Gasteiger partial charge in [0, 0.05) is 6.42 Å². The van der Waals surface area contributed by atoms with Gasteiger partial charge in [-0.3, -0.25) is 0 Å². The zero-order valence-electron chi connectivity index (χ0n) is 9.38. The van der Waals surface area contributed by atoms with Gasteiger partial charge in [0.2, 0.25) is 0 Å². The predicted octanol–water partition coefficient (Wildman–Crippen LogP) is 2.83. The number of nitrogens with zero attached hydrogens (tertiary/aromatic N) is 1. The molecule has 0 aromatic heterocycles. The lowest BCUT2D eigenvalue weighted by Crippen LogP contribution is -2.01. The Morgan fingerprint density at radius 2 is 1.65 bits per heavy atom. The Hall–Kier alpha value is -2.11. The van der Waals surface area contributed by atoms with E-state index in [9.17, 15) is 5.11 Å². The molecule has 0 fully saturated rings. The normalized spacial score (nSPS) is 11.8. The minimum absolute atomic E-state index is 0.496. The third-order valence-electron chi connectivity index (χ3n) is 2.70. The van der Waals surface area contributed by atoms with Crippen molar-refractivity contribution in [3.8, 4) is 6.07 Å². The second-order valence-corrected chi connectivity index (χ2v) is 3.94. The summed E-state index contributed by atoms with van der Waals surface area (Å²) in [6.07, 6.45) is 0.0690. The molecule has 0 aliphatic carbocycles. The molecule has 0 radical (unpaired) electrons. The fraction of sp³-hybridized carbons (Fsp3) is 0.133. The maximum Gasteiger partial charge on any atom is 0.0991 e. The van der Waals surface area contributed by atoms with E-state index < -0.39 is 6.10 Å². The number of hydrogen-bond acceptors (Lipinski definition) is 2. The molecule has 0 amide bonds. The van der Waals surface area contributed by atoms with Crippen LogP contribution in [0.15, 0.2) is 54.6 Å². The van der Waals surface area contributed by atoms with Gasteiger partial charge in [-0.15, -0.1) is 0 Å². The smallest absolute Gasteiger partial charge is 0.0991 e. The summed E-state index contributed by atoms with van der Waals surface area (Å²) in [5.41, 5.74) is 2.58. The average molecular weight is 223 g/mol. The van der Waals surface area contributed by atoms with Crippen LogP contribution >= 0.6 is 0 Å². The van der Waals surface area contributed by atoms with E-state index in [0.29, 0.717) is 12.0 Å². The first kappa shape index (κ1) is 11.4. The topological polar surface area (TPSA) is 44.0 Å². The van der Waals surface area contributed by atoms with Crippen LogP contribution in [-0.2, 0) is 6.42 Å². The van der Waals surface area contributed by atoms with E-state index in [4.69, 9.17) is 5.26 Å².